The summed E-state index contributed by atoms with van der Waals surface area (Å²) in [6.45, 7) is 4.16. The van der Waals surface area contributed by atoms with Crippen molar-refractivity contribution in [3.05, 3.63) is 84.1 Å². The molecule has 0 fully saturated rings. The van der Waals surface area contributed by atoms with Crippen LogP contribution in [0.25, 0.3) is 11.3 Å². The molecule has 144 valence electrons. The molecule has 0 spiro atoms. The van der Waals surface area contributed by atoms with Gasteiger partial charge in [0.25, 0.3) is 0 Å². The van der Waals surface area contributed by atoms with Gasteiger partial charge in [-0.1, -0.05) is 36.4 Å². The van der Waals surface area contributed by atoms with E-state index in [0.717, 1.165) is 35.1 Å². The number of ether oxygens (including phenoxy) is 1. The average molecular weight is 374 g/mol. The van der Waals surface area contributed by atoms with Crippen LogP contribution < -0.4 is 15.4 Å². The molecule has 0 radical (unpaired) electrons. The number of rotatable bonds is 7. The van der Waals surface area contributed by atoms with Gasteiger partial charge in [0, 0.05) is 24.8 Å². The lowest BCUT2D eigenvalue weighted by Crippen LogP contribution is -2.36. The topological polar surface area (TPSA) is 58.5 Å². The zero-order valence-corrected chi connectivity index (χ0v) is 16.4. The molecule has 28 heavy (non-hydrogen) atoms. The molecule has 3 rings (SSSR count). The monoisotopic (exact) mass is 374 g/mol. The third kappa shape index (κ3) is 5.58. The van der Waals surface area contributed by atoms with E-state index >= 15 is 0 Å². The zero-order valence-electron chi connectivity index (χ0n) is 16.4. The maximum atomic E-state index is 5.20. The van der Waals surface area contributed by atoms with Gasteiger partial charge in [-0.2, -0.15) is 0 Å². The van der Waals surface area contributed by atoms with E-state index in [1.165, 1.54) is 5.56 Å². The standard InChI is InChI=1S/C23H26N4O/c1-3-24-23(26-16-18-10-12-21(28-2)13-11-18)27-17-19-7-6-8-20(15-19)22-9-4-5-14-25-22/h4-15H,3,16-17H2,1-2H3,(H2,24,26,27). The number of pyridine rings is 1. The molecule has 5 nitrogen and oxygen atoms in total. The molecule has 0 aliphatic heterocycles. The van der Waals surface area contributed by atoms with E-state index in [4.69, 9.17) is 9.73 Å². The quantitative estimate of drug-likeness (QED) is 0.485. The number of nitrogens with zero attached hydrogens (tertiary/aromatic N) is 2. The fraction of sp³-hybridized carbons (Fsp3) is 0.217. The summed E-state index contributed by atoms with van der Waals surface area (Å²) in [6.07, 6.45) is 1.81. The van der Waals surface area contributed by atoms with E-state index < -0.39 is 0 Å². The summed E-state index contributed by atoms with van der Waals surface area (Å²) in [6, 6.07) is 22.3. The number of aromatic nitrogens is 1. The second-order valence-corrected chi connectivity index (χ2v) is 6.31. The van der Waals surface area contributed by atoms with Crippen molar-refractivity contribution in [2.75, 3.05) is 13.7 Å². The lowest BCUT2D eigenvalue weighted by atomic mass is 10.1. The van der Waals surface area contributed by atoms with Crippen LogP contribution in [0.2, 0.25) is 0 Å². The summed E-state index contributed by atoms with van der Waals surface area (Å²) in [5.74, 6) is 1.65. The van der Waals surface area contributed by atoms with Crippen molar-refractivity contribution in [1.29, 1.82) is 0 Å². The Morgan fingerprint density at radius 3 is 2.54 bits per heavy atom. The molecule has 0 saturated carbocycles. The Hall–Kier alpha value is -3.34. The molecular weight excluding hydrogens is 348 g/mol. The number of nitrogens with one attached hydrogen (secondary N) is 2. The number of benzene rings is 2. The number of methoxy groups -OCH3 is 1. The Morgan fingerprint density at radius 1 is 0.964 bits per heavy atom. The predicted molar refractivity (Wildman–Crippen MR) is 114 cm³/mol. The van der Waals surface area contributed by atoms with Crippen LogP contribution in [-0.4, -0.2) is 24.6 Å². The molecule has 0 saturated heterocycles. The van der Waals surface area contributed by atoms with Gasteiger partial charge in [0.15, 0.2) is 5.96 Å². The van der Waals surface area contributed by atoms with E-state index in [2.05, 4.69) is 40.7 Å². The van der Waals surface area contributed by atoms with Gasteiger partial charge in [-0.15, -0.1) is 0 Å². The Morgan fingerprint density at radius 2 is 1.82 bits per heavy atom. The van der Waals surface area contributed by atoms with Crippen LogP contribution in [0.1, 0.15) is 18.1 Å². The molecule has 0 unspecified atom stereocenters. The molecule has 0 aliphatic rings. The highest BCUT2D eigenvalue weighted by Crippen LogP contribution is 2.18. The second kappa shape index (κ2) is 10.1. The number of hydrogen-bond donors (Lipinski definition) is 2. The Labute approximate surface area is 166 Å². The molecular formula is C23H26N4O. The van der Waals surface area contributed by atoms with Crippen molar-refractivity contribution < 1.29 is 4.74 Å². The van der Waals surface area contributed by atoms with Gasteiger partial charge in [-0.3, -0.25) is 4.98 Å². The highest BCUT2D eigenvalue weighted by molar-refractivity contribution is 5.79. The zero-order chi connectivity index (χ0) is 19.6. The first-order valence-electron chi connectivity index (χ1n) is 9.44. The van der Waals surface area contributed by atoms with Gasteiger partial charge in [0.2, 0.25) is 0 Å². The highest BCUT2D eigenvalue weighted by atomic mass is 16.5. The SMILES string of the molecule is CCNC(=NCc1cccc(-c2ccccn2)c1)NCc1ccc(OC)cc1. The fourth-order valence-electron chi connectivity index (χ4n) is 2.80. The number of guanidine groups is 1. The van der Waals surface area contributed by atoms with Crippen LogP contribution in [0, 0.1) is 0 Å². The molecule has 2 aromatic carbocycles. The molecule has 5 heteroatoms. The minimum absolute atomic E-state index is 0.596. The summed E-state index contributed by atoms with van der Waals surface area (Å²) in [7, 11) is 1.67. The Kier molecular flexibility index (Phi) is 7.01. The number of aliphatic imine (C=N–C) groups is 1. The Bertz CT molecular complexity index is 892. The normalized spacial score (nSPS) is 11.1. The largest absolute Gasteiger partial charge is 0.497 e. The maximum Gasteiger partial charge on any atom is 0.191 e. The molecule has 2 N–H and O–H groups in total. The molecule has 1 heterocycles. The minimum Gasteiger partial charge on any atom is -0.497 e. The van der Waals surface area contributed by atoms with Crippen molar-refractivity contribution in [3.63, 3.8) is 0 Å². The molecule has 3 aromatic rings. The lowest BCUT2D eigenvalue weighted by Gasteiger charge is -2.12. The first-order valence-corrected chi connectivity index (χ1v) is 9.44. The molecule has 0 amide bonds. The van der Waals surface area contributed by atoms with E-state index in [1.54, 1.807) is 7.11 Å². The van der Waals surface area contributed by atoms with Gasteiger partial charge >= 0.3 is 0 Å². The van der Waals surface area contributed by atoms with Crippen molar-refractivity contribution in [3.8, 4) is 17.0 Å². The average Bonchev–Trinajstić information content (AvgIpc) is 2.77. The highest BCUT2D eigenvalue weighted by Gasteiger charge is 2.02. The smallest absolute Gasteiger partial charge is 0.191 e. The third-order valence-corrected chi connectivity index (χ3v) is 4.27. The maximum absolute atomic E-state index is 5.20. The number of hydrogen-bond acceptors (Lipinski definition) is 3. The van der Waals surface area contributed by atoms with Gasteiger partial charge in [-0.05, 0) is 48.4 Å². The first kappa shape index (κ1) is 19.4. The van der Waals surface area contributed by atoms with Gasteiger partial charge in [0.1, 0.15) is 5.75 Å². The van der Waals surface area contributed by atoms with Crippen molar-refractivity contribution in [1.82, 2.24) is 15.6 Å². The van der Waals surface area contributed by atoms with Crippen LogP contribution in [0.4, 0.5) is 0 Å². The van der Waals surface area contributed by atoms with Crippen LogP contribution in [0.3, 0.4) is 0 Å². The molecule has 0 bridgehead atoms. The first-order chi connectivity index (χ1) is 13.8. The van der Waals surface area contributed by atoms with Crippen LogP contribution in [-0.2, 0) is 13.1 Å². The lowest BCUT2D eigenvalue weighted by molar-refractivity contribution is 0.414. The van der Waals surface area contributed by atoms with Gasteiger partial charge < -0.3 is 15.4 Å². The van der Waals surface area contributed by atoms with Gasteiger partial charge in [0.05, 0.1) is 19.3 Å². The van der Waals surface area contributed by atoms with E-state index in [0.29, 0.717) is 13.1 Å². The predicted octanol–water partition coefficient (Wildman–Crippen LogP) is 4.01. The van der Waals surface area contributed by atoms with Crippen molar-refractivity contribution >= 4 is 5.96 Å². The van der Waals surface area contributed by atoms with E-state index in [1.807, 2.05) is 54.7 Å². The third-order valence-electron chi connectivity index (χ3n) is 4.27. The summed E-state index contributed by atoms with van der Waals surface area (Å²) < 4.78 is 5.20. The summed E-state index contributed by atoms with van der Waals surface area (Å²) in [5.41, 5.74) is 4.38. The van der Waals surface area contributed by atoms with Gasteiger partial charge in [-0.25, -0.2) is 4.99 Å². The van der Waals surface area contributed by atoms with E-state index in [-0.39, 0.29) is 0 Å². The van der Waals surface area contributed by atoms with Crippen molar-refractivity contribution in [2.24, 2.45) is 4.99 Å². The van der Waals surface area contributed by atoms with Crippen LogP contribution in [0.15, 0.2) is 77.9 Å². The van der Waals surface area contributed by atoms with Crippen molar-refractivity contribution in [2.45, 2.75) is 20.0 Å². The fourth-order valence-corrected chi connectivity index (χ4v) is 2.80. The summed E-state index contributed by atoms with van der Waals surface area (Å²) in [5, 5.41) is 6.67. The van der Waals surface area contributed by atoms with Crippen LogP contribution in [0.5, 0.6) is 5.75 Å². The van der Waals surface area contributed by atoms with Crippen LogP contribution >= 0.6 is 0 Å². The second-order valence-electron chi connectivity index (χ2n) is 6.31. The minimum atomic E-state index is 0.596. The molecule has 1 aromatic heterocycles. The summed E-state index contributed by atoms with van der Waals surface area (Å²) >= 11 is 0. The molecule has 0 atom stereocenters. The Balaban J connectivity index is 1.65. The van der Waals surface area contributed by atoms with E-state index in [9.17, 15) is 0 Å². The summed E-state index contributed by atoms with van der Waals surface area (Å²) in [4.78, 5) is 9.14. The molecule has 0 aliphatic carbocycles.